The molecule has 0 spiro atoms. The van der Waals surface area contributed by atoms with Crippen LogP contribution in [-0.2, 0) is 6.54 Å². The Balaban J connectivity index is 2.79. The van der Waals surface area contributed by atoms with E-state index >= 15 is 0 Å². The zero-order valence-electron chi connectivity index (χ0n) is 12.3. The maximum absolute atomic E-state index is 5.80. The van der Waals surface area contributed by atoms with E-state index in [0.717, 1.165) is 48.8 Å². The molecule has 0 heterocycles. The highest BCUT2D eigenvalue weighted by molar-refractivity contribution is 5.41. The van der Waals surface area contributed by atoms with Gasteiger partial charge in [0.15, 0.2) is 0 Å². The molecular formula is C16H25NO2. The quantitative estimate of drug-likeness (QED) is 0.691. The van der Waals surface area contributed by atoms with Gasteiger partial charge in [-0.1, -0.05) is 26.5 Å². The molecule has 0 aliphatic rings. The van der Waals surface area contributed by atoms with Crippen LogP contribution in [0.2, 0.25) is 0 Å². The Hall–Kier alpha value is -1.48. The van der Waals surface area contributed by atoms with Crippen LogP contribution in [0.5, 0.6) is 11.5 Å². The van der Waals surface area contributed by atoms with Gasteiger partial charge < -0.3 is 14.8 Å². The zero-order chi connectivity index (χ0) is 14.1. The largest absolute Gasteiger partial charge is 0.493 e. The van der Waals surface area contributed by atoms with Crippen molar-refractivity contribution in [3.05, 3.63) is 35.9 Å². The van der Waals surface area contributed by atoms with Gasteiger partial charge in [0.05, 0.1) is 6.61 Å². The Morgan fingerprint density at radius 3 is 2.68 bits per heavy atom. The normalized spacial score (nSPS) is 10.3. The number of nitrogens with one attached hydrogen (secondary N) is 1. The maximum Gasteiger partial charge on any atom is 0.127 e. The van der Waals surface area contributed by atoms with Gasteiger partial charge in [0, 0.05) is 18.2 Å². The predicted molar refractivity (Wildman–Crippen MR) is 79.9 cm³/mol. The van der Waals surface area contributed by atoms with Crippen molar-refractivity contribution in [1.82, 2.24) is 5.32 Å². The average Bonchev–Trinajstić information content (AvgIpc) is 2.41. The molecule has 1 rings (SSSR count). The van der Waals surface area contributed by atoms with Crippen molar-refractivity contribution < 1.29 is 9.47 Å². The molecule has 0 saturated carbocycles. The molecule has 0 bridgehead atoms. The second-order valence-corrected chi connectivity index (χ2v) is 4.64. The van der Waals surface area contributed by atoms with E-state index in [0.29, 0.717) is 6.61 Å². The first kappa shape index (κ1) is 15.6. The van der Waals surface area contributed by atoms with Crippen molar-refractivity contribution in [1.29, 1.82) is 0 Å². The summed E-state index contributed by atoms with van der Waals surface area (Å²) in [6.45, 7) is 13.0. The number of hydrogen-bond acceptors (Lipinski definition) is 3. The summed E-state index contributed by atoms with van der Waals surface area (Å²) in [5, 5.41) is 3.31. The summed E-state index contributed by atoms with van der Waals surface area (Å²) in [7, 11) is 0. The Bertz CT molecular complexity index is 402. The minimum Gasteiger partial charge on any atom is -0.493 e. The summed E-state index contributed by atoms with van der Waals surface area (Å²) in [6, 6.07) is 6.02. The van der Waals surface area contributed by atoms with Crippen molar-refractivity contribution >= 4 is 0 Å². The lowest BCUT2D eigenvalue weighted by Crippen LogP contribution is -2.13. The van der Waals surface area contributed by atoms with Gasteiger partial charge in [-0.2, -0.15) is 0 Å². The molecule has 1 aromatic rings. The van der Waals surface area contributed by atoms with E-state index in [1.54, 1.807) is 0 Å². The molecule has 0 aliphatic carbocycles. The molecule has 0 unspecified atom stereocenters. The summed E-state index contributed by atoms with van der Waals surface area (Å²) in [5.41, 5.74) is 2.15. The lowest BCUT2D eigenvalue weighted by atomic mass is 10.2. The average molecular weight is 263 g/mol. The van der Waals surface area contributed by atoms with Crippen molar-refractivity contribution in [2.75, 3.05) is 19.8 Å². The standard InChI is InChI=1S/C16H25NO2/c1-5-9-18-15-8-7-14(11-17-6-2)16(10-15)19-12-13(3)4/h7-8,10,17H,3,5-6,9,11-12H2,1-2,4H3. The second kappa shape index (κ2) is 8.59. The molecule has 3 heteroatoms. The fourth-order valence-electron chi connectivity index (χ4n) is 1.59. The highest BCUT2D eigenvalue weighted by Gasteiger charge is 2.06. The van der Waals surface area contributed by atoms with Gasteiger partial charge >= 0.3 is 0 Å². The third-order valence-electron chi connectivity index (χ3n) is 2.55. The number of benzene rings is 1. The van der Waals surface area contributed by atoms with Gasteiger partial charge in [-0.15, -0.1) is 0 Å². The van der Waals surface area contributed by atoms with E-state index < -0.39 is 0 Å². The number of ether oxygens (including phenoxy) is 2. The number of hydrogen-bond donors (Lipinski definition) is 1. The van der Waals surface area contributed by atoms with Crippen LogP contribution in [0.15, 0.2) is 30.4 Å². The van der Waals surface area contributed by atoms with Crippen molar-refractivity contribution in [2.45, 2.75) is 33.7 Å². The summed E-state index contributed by atoms with van der Waals surface area (Å²) < 4.78 is 11.4. The molecule has 0 aromatic heterocycles. The molecule has 0 fully saturated rings. The third-order valence-corrected chi connectivity index (χ3v) is 2.55. The summed E-state index contributed by atoms with van der Waals surface area (Å²) in [4.78, 5) is 0. The van der Waals surface area contributed by atoms with E-state index in [4.69, 9.17) is 9.47 Å². The molecule has 19 heavy (non-hydrogen) atoms. The van der Waals surface area contributed by atoms with Gasteiger partial charge in [-0.25, -0.2) is 0 Å². The number of rotatable bonds is 9. The lowest BCUT2D eigenvalue weighted by molar-refractivity contribution is 0.310. The van der Waals surface area contributed by atoms with Gasteiger partial charge in [-0.3, -0.25) is 0 Å². The van der Waals surface area contributed by atoms with E-state index in [2.05, 4.69) is 31.8 Å². The highest BCUT2D eigenvalue weighted by Crippen LogP contribution is 2.25. The molecule has 1 aromatic carbocycles. The van der Waals surface area contributed by atoms with Crippen LogP contribution in [0.4, 0.5) is 0 Å². The van der Waals surface area contributed by atoms with Crippen LogP contribution < -0.4 is 14.8 Å². The lowest BCUT2D eigenvalue weighted by Gasteiger charge is -2.14. The molecule has 0 radical (unpaired) electrons. The molecule has 0 atom stereocenters. The topological polar surface area (TPSA) is 30.5 Å². The first-order chi connectivity index (χ1) is 9.17. The molecular weight excluding hydrogens is 238 g/mol. The Labute approximate surface area is 116 Å². The molecule has 1 N–H and O–H groups in total. The van der Waals surface area contributed by atoms with Crippen LogP contribution >= 0.6 is 0 Å². The van der Waals surface area contributed by atoms with Crippen LogP contribution in [0.3, 0.4) is 0 Å². The van der Waals surface area contributed by atoms with Gasteiger partial charge in [0.2, 0.25) is 0 Å². The molecule has 0 aliphatic heterocycles. The van der Waals surface area contributed by atoms with Gasteiger partial charge in [-0.05, 0) is 31.5 Å². The van der Waals surface area contributed by atoms with Gasteiger partial charge in [0.1, 0.15) is 18.1 Å². The van der Waals surface area contributed by atoms with Crippen LogP contribution in [-0.4, -0.2) is 19.8 Å². The highest BCUT2D eigenvalue weighted by atomic mass is 16.5. The van der Waals surface area contributed by atoms with Crippen LogP contribution in [0.25, 0.3) is 0 Å². The Morgan fingerprint density at radius 1 is 1.26 bits per heavy atom. The SMILES string of the molecule is C=C(C)COc1cc(OCCC)ccc1CNCC. The fourth-order valence-corrected chi connectivity index (χ4v) is 1.59. The smallest absolute Gasteiger partial charge is 0.127 e. The van der Waals surface area contributed by atoms with E-state index in [1.807, 2.05) is 19.1 Å². The van der Waals surface area contributed by atoms with Crippen LogP contribution in [0.1, 0.15) is 32.8 Å². The summed E-state index contributed by atoms with van der Waals surface area (Å²) >= 11 is 0. The third kappa shape index (κ3) is 5.79. The predicted octanol–water partition coefficient (Wildman–Crippen LogP) is 3.54. The van der Waals surface area contributed by atoms with Gasteiger partial charge in [0.25, 0.3) is 0 Å². The van der Waals surface area contributed by atoms with E-state index in [-0.39, 0.29) is 0 Å². The van der Waals surface area contributed by atoms with Crippen molar-refractivity contribution in [3.63, 3.8) is 0 Å². The Kier molecular flexibility index (Phi) is 7.04. The monoisotopic (exact) mass is 263 g/mol. The zero-order valence-corrected chi connectivity index (χ0v) is 12.3. The van der Waals surface area contributed by atoms with E-state index in [1.165, 1.54) is 0 Å². The molecule has 0 saturated heterocycles. The molecule has 3 nitrogen and oxygen atoms in total. The summed E-state index contributed by atoms with van der Waals surface area (Å²) in [6.07, 6.45) is 1.00. The first-order valence-corrected chi connectivity index (χ1v) is 6.91. The minimum absolute atomic E-state index is 0.538. The first-order valence-electron chi connectivity index (χ1n) is 6.91. The fraction of sp³-hybridized carbons (Fsp3) is 0.500. The molecule has 106 valence electrons. The summed E-state index contributed by atoms with van der Waals surface area (Å²) in [5.74, 6) is 1.73. The maximum atomic E-state index is 5.80. The van der Waals surface area contributed by atoms with E-state index in [9.17, 15) is 0 Å². The second-order valence-electron chi connectivity index (χ2n) is 4.64. The van der Waals surface area contributed by atoms with Crippen molar-refractivity contribution in [3.8, 4) is 11.5 Å². The van der Waals surface area contributed by atoms with Crippen molar-refractivity contribution in [2.24, 2.45) is 0 Å². The molecule has 0 amide bonds. The van der Waals surface area contributed by atoms with Crippen LogP contribution in [0, 0.1) is 0 Å². The Morgan fingerprint density at radius 2 is 2.05 bits per heavy atom. The minimum atomic E-state index is 0.538.